The van der Waals surface area contributed by atoms with Gasteiger partial charge in [0.15, 0.2) is 0 Å². The predicted octanol–water partition coefficient (Wildman–Crippen LogP) is 1.84. The number of nitrogens with zero attached hydrogens (tertiary/aromatic N) is 2. The van der Waals surface area contributed by atoms with Gasteiger partial charge in [-0.05, 0) is 24.3 Å². The third kappa shape index (κ3) is 4.72. The van der Waals surface area contributed by atoms with Gasteiger partial charge in [0, 0.05) is 0 Å². The number of rotatable bonds is 4. The van der Waals surface area contributed by atoms with Gasteiger partial charge in [0.25, 0.3) is 0 Å². The second kappa shape index (κ2) is 8.51. The van der Waals surface area contributed by atoms with E-state index in [2.05, 4.69) is 10.2 Å². The lowest BCUT2D eigenvalue weighted by molar-refractivity contribution is -0.139. The molecule has 10 heteroatoms. The van der Waals surface area contributed by atoms with Crippen LogP contribution in [-0.4, -0.2) is 24.2 Å². The average Bonchev–Trinajstić information content (AvgIpc) is 2.59. The van der Waals surface area contributed by atoms with Crippen molar-refractivity contribution in [1.82, 2.24) is 10.9 Å². The molecule has 2 rings (SSSR count). The van der Waals surface area contributed by atoms with Gasteiger partial charge in [0.1, 0.15) is 23.3 Å². The zero-order valence-corrected chi connectivity index (χ0v) is 12.8. The Bertz CT molecular complexity index is 786. The van der Waals surface area contributed by atoms with E-state index in [4.69, 9.17) is 0 Å². The Hall–Kier alpha value is -3.56. The van der Waals surface area contributed by atoms with Crippen LogP contribution in [0.5, 0.6) is 0 Å². The highest BCUT2D eigenvalue weighted by Crippen LogP contribution is 2.09. The molecule has 6 nitrogen and oxygen atoms in total. The topological polar surface area (TPSA) is 82.9 Å². The molecule has 0 saturated heterocycles. The van der Waals surface area contributed by atoms with Gasteiger partial charge in [-0.25, -0.2) is 28.4 Å². The highest BCUT2D eigenvalue weighted by Gasteiger charge is 2.12. The van der Waals surface area contributed by atoms with Crippen LogP contribution >= 0.6 is 0 Å². The Balaban J connectivity index is 1.93. The van der Waals surface area contributed by atoms with E-state index in [0.29, 0.717) is 12.4 Å². The summed E-state index contributed by atoms with van der Waals surface area (Å²) in [6, 6.07) is 6.21. The van der Waals surface area contributed by atoms with Crippen molar-refractivity contribution in [3.63, 3.8) is 0 Å². The quantitative estimate of drug-likeness (QED) is 0.375. The number of benzene rings is 2. The Morgan fingerprint density at radius 1 is 0.692 bits per heavy atom. The molecule has 0 heterocycles. The monoisotopic (exact) mass is 366 g/mol. The molecule has 0 unspecified atom stereocenters. The lowest BCUT2D eigenvalue weighted by Gasteiger charge is -2.00. The standard InChI is InChI=1S/C16H10F4N4O2/c17-11-3-1-4-12(18)9(11)7-21-23-15(25)16(26)24-22-8-10-13(19)5-2-6-14(10)20/h1-8H,(H,23,25)(H,24,26). The van der Waals surface area contributed by atoms with Crippen LogP contribution in [0.1, 0.15) is 11.1 Å². The van der Waals surface area contributed by atoms with Gasteiger partial charge in [0.05, 0.1) is 23.6 Å². The minimum absolute atomic E-state index is 0.513. The van der Waals surface area contributed by atoms with Crippen LogP contribution in [-0.2, 0) is 9.59 Å². The largest absolute Gasteiger partial charge is 0.331 e. The molecule has 2 N–H and O–H groups in total. The number of hydrogen-bond donors (Lipinski definition) is 2. The van der Waals surface area contributed by atoms with Crippen molar-refractivity contribution in [2.45, 2.75) is 0 Å². The zero-order valence-electron chi connectivity index (χ0n) is 12.8. The second-order valence-electron chi connectivity index (χ2n) is 4.67. The summed E-state index contributed by atoms with van der Waals surface area (Å²) in [5.74, 6) is -6.28. The van der Waals surface area contributed by atoms with Gasteiger partial charge < -0.3 is 0 Å². The Morgan fingerprint density at radius 3 is 1.31 bits per heavy atom. The predicted molar refractivity (Wildman–Crippen MR) is 84.2 cm³/mol. The first kappa shape index (κ1) is 18.8. The number of hydrogen-bond acceptors (Lipinski definition) is 4. The van der Waals surface area contributed by atoms with Gasteiger partial charge in [-0.3, -0.25) is 9.59 Å². The normalized spacial score (nSPS) is 11.1. The van der Waals surface area contributed by atoms with E-state index in [1.165, 1.54) is 0 Å². The summed E-state index contributed by atoms with van der Waals surface area (Å²) in [5, 5.41) is 6.48. The number of carbonyl (C=O) groups excluding carboxylic acids is 2. The SMILES string of the molecule is O=C(NN=Cc1c(F)cccc1F)C(=O)NN=Cc1c(F)cccc1F. The van der Waals surface area contributed by atoms with Crippen molar-refractivity contribution in [3.05, 3.63) is 70.8 Å². The molecule has 0 atom stereocenters. The number of carbonyl (C=O) groups is 2. The molecule has 2 aromatic carbocycles. The van der Waals surface area contributed by atoms with Crippen LogP contribution in [0.25, 0.3) is 0 Å². The summed E-state index contributed by atoms with van der Waals surface area (Å²) in [6.07, 6.45) is 1.35. The van der Waals surface area contributed by atoms with E-state index >= 15 is 0 Å². The van der Waals surface area contributed by atoms with E-state index in [9.17, 15) is 27.2 Å². The maximum atomic E-state index is 13.3. The fourth-order valence-electron chi connectivity index (χ4n) is 1.68. The van der Waals surface area contributed by atoms with E-state index in [1.54, 1.807) is 10.9 Å². The number of nitrogens with one attached hydrogen (secondary N) is 2. The summed E-state index contributed by atoms with van der Waals surface area (Å²) in [4.78, 5) is 22.9. The third-order valence-corrected chi connectivity index (χ3v) is 2.93. The first-order valence-corrected chi connectivity index (χ1v) is 6.94. The van der Waals surface area contributed by atoms with Gasteiger partial charge in [-0.1, -0.05) is 12.1 Å². The molecule has 0 saturated carbocycles. The Labute approximate surface area is 144 Å². The summed E-state index contributed by atoms with van der Waals surface area (Å²) in [7, 11) is 0. The summed E-state index contributed by atoms with van der Waals surface area (Å²) in [5.41, 5.74) is 2.41. The minimum atomic E-state index is -1.32. The molecule has 0 aliphatic carbocycles. The number of halogens is 4. The molecule has 2 amide bonds. The smallest absolute Gasteiger partial charge is 0.262 e. The minimum Gasteiger partial charge on any atom is -0.262 e. The Morgan fingerprint density at radius 2 is 1.00 bits per heavy atom. The summed E-state index contributed by atoms with van der Waals surface area (Å²) >= 11 is 0. The van der Waals surface area contributed by atoms with Crippen LogP contribution in [0.15, 0.2) is 46.6 Å². The van der Waals surface area contributed by atoms with Gasteiger partial charge in [-0.2, -0.15) is 10.2 Å². The van der Waals surface area contributed by atoms with Gasteiger partial charge >= 0.3 is 11.8 Å². The second-order valence-corrected chi connectivity index (χ2v) is 4.67. The zero-order chi connectivity index (χ0) is 19.1. The molecule has 0 aliphatic rings. The molecule has 0 spiro atoms. The van der Waals surface area contributed by atoms with Crippen molar-refractivity contribution in [2.24, 2.45) is 10.2 Å². The van der Waals surface area contributed by atoms with Gasteiger partial charge in [0.2, 0.25) is 0 Å². The fourth-order valence-corrected chi connectivity index (χ4v) is 1.68. The Kier molecular flexibility index (Phi) is 6.15. The van der Waals surface area contributed by atoms with Crippen LogP contribution in [0.4, 0.5) is 17.6 Å². The van der Waals surface area contributed by atoms with Crippen LogP contribution in [0.2, 0.25) is 0 Å². The summed E-state index contributed by atoms with van der Waals surface area (Å²) < 4.78 is 53.3. The van der Waals surface area contributed by atoms with Crippen LogP contribution < -0.4 is 10.9 Å². The van der Waals surface area contributed by atoms with E-state index in [0.717, 1.165) is 36.4 Å². The lowest BCUT2D eigenvalue weighted by atomic mass is 10.2. The molecule has 0 radical (unpaired) electrons. The first-order chi connectivity index (χ1) is 12.4. The van der Waals surface area contributed by atoms with Crippen molar-refractivity contribution in [1.29, 1.82) is 0 Å². The number of amides is 2. The maximum absolute atomic E-state index is 13.3. The number of hydrazone groups is 2. The first-order valence-electron chi connectivity index (χ1n) is 6.94. The van der Waals surface area contributed by atoms with Crippen molar-refractivity contribution < 1.29 is 27.2 Å². The van der Waals surface area contributed by atoms with Crippen LogP contribution in [0.3, 0.4) is 0 Å². The lowest BCUT2D eigenvalue weighted by Crippen LogP contribution is -2.35. The molecule has 0 aliphatic heterocycles. The van der Waals surface area contributed by atoms with Gasteiger partial charge in [-0.15, -0.1) is 0 Å². The molecule has 0 aromatic heterocycles. The molecule has 2 aromatic rings. The van der Waals surface area contributed by atoms with Crippen LogP contribution in [0, 0.1) is 23.3 Å². The highest BCUT2D eigenvalue weighted by atomic mass is 19.1. The molecule has 26 heavy (non-hydrogen) atoms. The fraction of sp³-hybridized carbons (Fsp3) is 0. The van der Waals surface area contributed by atoms with Crippen molar-refractivity contribution in [3.8, 4) is 0 Å². The molecular weight excluding hydrogens is 356 g/mol. The van der Waals surface area contributed by atoms with E-state index in [-0.39, 0.29) is 0 Å². The molecule has 134 valence electrons. The van der Waals surface area contributed by atoms with Crippen molar-refractivity contribution in [2.75, 3.05) is 0 Å². The van der Waals surface area contributed by atoms with E-state index in [1.807, 2.05) is 0 Å². The third-order valence-electron chi connectivity index (χ3n) is 2.93. The average molecular weight is 366 g/mol. The maximum Gasteiger partial charge on any atom is 0.331 e. The molecular formula is C16H10F4N4O2. The molecule has 0 bridgehead atoms. The van der Waals surface area contributed by atoms with E-state index < -0.39 is 46.2 Å². The van der Waals surface area contributed by atoms with Crippen molar-refractivity contribution >= 4 is 24.2 Å². The summed E-state index contributed by atoms with van der Waals surface area (Å²) in [6.45, 7) is 0. The highest BCUT2D eigenvalue weighted by molar-refractivity contribution is 6.35. The molecule has 0 fully saturated rings.